The number of hydrogen-bond donors (Lipinski definition) is 3. The maximum absolute atomic E-state index is 12.5. The fourth-order valence-corrected chi connectivity index (χ4v) is 10.8. The molecule has 2 atom stereocenters. The molecule has 0 aliphatic rings. The van der Waals surface area contributed by atoms with Gasteiger partial charge in [0.25, 0.3) is 0 Å². The largest absolute Gasteiger partial charge is 0.466 e. The number of carbonyl (C=O) groups is 2. The van der Waals surface area contributed by atoms with Crippen LogP contribution in [0.2, 0.25) is 0 Å². The van der Waals surface area contributed by atoms with Gasteiger partial charge in [0.15, 0.2) is 0 Å². The summed E-state index contributed by atoms with van der Waals surface area (Å²) < 4.78 is 5.48. The van der Waals surface area contributed by atoms with Crippen LogP contribution >= 0.6 is 0 Å². The van der Waals surface area contributed by atoms with Crippen LogP contribution in [-0.4, -0.2) is 47.4 Å². The van der Waals surface area contributed by atoms with Crippen molar-refractivity contribution in [1.82, 2.24) is 5.32 Å². The maximum atomic E-state index is 12.5. The first-order valence-electron chi connectivity index (χ1n) is 34.8. The Hall–Kier alpha value is -1.92. The number of esters is 1. The molecule has 1 amide bonds. The van der Waals surface area contributed by atoms with Crippen molar-refractivity contribution in [1.29, 1.82) is 0 Å². The third-order valence-electron chi connectivity index (χ3n) is 16.2. The molecule has 0 bridgehead atoms. The second-order valence-electron chi connectivity index (χ2n) is 23.9. The molecule has 0 aliphatic heterocycles. The fourth-order valence-electron chi connectivity index (χ4n) is 10.8. The number of aliphatic hydroxyl groups is 2. The number of hydrogen-bond acceptors (Lipinski definition) is 5. The van der Waals surface area contributed by atoms with Crippen molar-refractivity contribution in [2.45, 2.75) is 392 Å². The van der Waals surface area contributed by atoms with E-state index < -0.39 is 12.1 Å². The predicted octanol–water partition coefficient (Wildman–Crippen LogP) is 22.3. The normalized spacial score (nSPS) is 12.7. The van der Waals surface area contributed by atoms with Crippen molar-refractivity contribution in [3.05, 3.63) is 36.5 Å². The van der Waals surface area contributed by atoms with E-state index in [1.165, 1.54) is 308 Å². The highest BCUT2D eigenvalue weighted by Crippen LogP contribution is 2.18. The zero-order chi connectivity index (χ0) is 55.7. The number of amides is 1. The molecule has 77 heavy (non-hydrogen) atoms. The quantitative estimate of drug-likeness (QED) is 0.0320. The van der Waals surface area contributed by atoms with Gasteiger partial charge in [-0.25, -0.2) is 0 Å². The Kier molecular flexibility index (Phi) is 64.9. The van der Waals surface area contributed by atoms with Crippen LogP contribution in [0.15, 0.2) is 36.5 Å². The highest BCUT2D eigenvalue weighted by atomic mass is 16.5. The number of unbranched alkanes of at least 4 members (excludes halogenated alkanes) is 50. The standard InChI is InChI=1S/C71H135NO5/c1-3-5-7-9-11-13-15-17-37-40-43-47-51-55-59-63-69(74)68(67-73)72-70(75)64-60-56-52-48-44-41-38-35-33-31-29-27-25-23-21-19-18-20-22-24-26-28-30-32-34-36-39-42-46-50-54-58-62-66-77-71(76)65-61-57-53-49-45-16-14-12-10-8-6-4-2/h22,24,28,30,59,63,68-69,73-74H,3-21,23,25-27,29,31-58,60-62,64-67H2,1-2H3,(H,72,75)/b24-22-,30-28-,63-59+. The van der Waals surface area contributed by atoms with E-state index in [9.17, 15) is 19.8 Å². The fraction of sp³-hybridized carbons (Fsp3) is 0.887. The number of allylic oxidation sites excluding steroid dienone is 5. The van der Waals surface area contributed by atoms with E-state index >= 15 is 0 Å². The molecule has 6 heteroatoms. The Labute approximate surface area is 481 Å². The van der Waals surface area contributed by atoms with E-state index in [4.69, 9.17) is 4.74 Å². The summed E-state index contributed by atoms with van der Waals surface area (Å²) in [6.45, 7) is 4.92. The Morgan fingerprint density at radius 1 is 0.364 bits per heavy atom. The van der Waals surface area contributed by atoms with Gasteiger partial charge < -0.3 is 20.3 Å². The topological polar surface area (TPSA) is 95.9 Å². The van der Waals surface area contributed by atoms with Crippen LogP contribution in [0.25, 0.3) is 0 Å². The Bertz CT molecular complexity index is 1250. The van der Waals surface area contributed by atoms with Crippen LogP contribution in [0.3, 0.4) is 0 Å². The zero-order valence-electron chi connectivity index (χ0n) is 52.0. The van der Waals surface area contributed by atoms with Gasteiger partial charge in [-0.2, -0.15) is 0 Å². The SMILES string of the molecule is CCCCCCCCCCCCCCC/C=C/C(O)C(CO)NC(=O)CCCCCCCCCCCCCCCCCCC/C=C\C/C=C\CCCCCCCCCCCOC(=O)CCCCCCCCCCCCCC. The average Bonchev–Trinajstić information content (AvgIpc) is 3.43. The van der Waals surface area contributed by atoms with E-state index in [0.717, 1.165) is 44.9 Å². The van der Waals surface area contributed by atoms with Crippen molar-refractivity contribution >= 4 is 11.9 Å². The first-order valence-corrected chi connectivity index (χ1v) is 34.8. The van der Waals surface area contributed by atoms with Gasteiger partial charge in [-0.3, -0.25) is 9.59 Å². The van der Waals surface area contributed by atoms with Gasteiger partial charge in [0, 0.05) is 12.8 Å². The van der Waals surface area contributed by atoms with Crippen LogP contribution in [0.4, 0.5) is 0 Å². The second-order valence-corrected chi connectivity index (χ2v) is 23.9. The minimum Gasteiger partial charge on any atom is -0.466 e. The summed E-state index contributed by atoms with van der Waals surface area (Å²) in [6.07, 6.45) is 85.1. The number of nitrogens with one attached hydrogen (secondary N) is 1. The monoisotopic (exact) mass is 1080 g/mol. The summed E-state index contributed by atoms with van der Waals surface area (Å²) in [6, 6.07) is -0.626. The number of carbonyl (C=O) groups excluding carboxylic acids is 2. The Morgan fingerprint density at radius 3 is 0.987 bits per heavy atom. The van der Waals surface area contributed by atoms with Crippen molar-refractivity contribution in [2.24, 2.45) is 0 Å². The van der Waals surface area contributed by atoms with E-state index in [0.29, 0.717) is 19.4 Å². The lowest BCUT2D eigenvalue weighted by Crippen LogP contribution is -2.45. The summed E-state index contributed by atoms with van der Waals surface area (Å²) in [5, 5.41) is 23.2. The summed E-state index contributed by atoms with van der Waals surface area (Å²) in [7, 11) is 0. The van der Waals surface area contributed by atoms with Crippen LogP contribution in [0, 0.1) is 0 Å². The molecule has 0 rings (SSSR count). The minimum atomic E-state index is -0.843. The van der Waals surface area contributed by atoms with Gasteiger partial charge in [0.1, 0.15) is 0 Å². The van der Waals surface area contributed by atoms with Crippen LogP contribution in [-0.2, 0) is 14.3 Å². The van der Waals surface area contributed by atoms with Crippen molar-refractivity contribution < 1.29 is 24.5 Å². The molecule has 0 heterocycles. The van der Waals surface area contributed by atoms with Crippen LogP contribution in [0.5, 0.6) is 0 Å². The highest BCUT2D eigenvalue weighted by Gasteiger charge is 2.18. The maximum Gasteiger partial charge on any atom is 0.305 e. The predicted molar refractivity (Wildman–Crippen MR) is 338 cm³/mol. The lowest BCUT2D eigenvalue weighted by molar-refractivity contribution is -0.143. The van der Waals surface area contributed by atoms with Crippen LogP contribution in [0.1, 0.15) is 380 Å². The van der Waals surface area contributed by atoms with E-state index in [1.54, 1.807) is 6.08 Å². The van der Waals surface area contributed by atoms with Gasteiger partial charge in [-0.1, -0.05) is 339 Å². The van der Waals surface area contributed by atoms with Crippen molar-refractivity contribution in [3.63, 3.8) is 0 Å². The molecule has 0 radical (unpaired) electrons. The van der Waals surface area contributed by atoms with Gasteiger partial charge in [-0.05, 0) is 64.2 Å². The summed E-state index contributed by atoms with van der Waals surface area (Å²) in [5.74, 6) is -0.0492. The van der Waals surface area contributed by atoms with Gasteiger partial charge in [0.05, 0.1) is 25.4 Å². The lowest BCUT2D eigenvalue weighted by Gasteiger charge is -2.20. The third-order valence-corrected chi connectivity index (χ3v) is 16.2. The molecule has 0 saturated heterocycles. The molecule has 454 valence electrons. The van der Waals surface area contributed by atoms with E-state index in [1.807, 2.05) is 6.08 Å². The molecular formula is C71H135NO5. The Balaban J connectivity index is 3.39. The second kappa shape index (κ2) is 66.6. The van der Waals surface area contributed by atoms with Crippen molar-refractivity contribution in [2.75, 3.05) is 13.2 Å². The molecule has 0 aromatic rings. The number of aliphatic hydroxyl groups excluding tert-OH is 2. The van der Waals surface area contributed by atoms with Gasteiger partial charge >= 0.3 is 5.97 Å². The Morgan fingerprint density at radius 2 is 0.649 bits per heavy atom. The lowest BCUT2D eigenvalue weighted by atomic mass is 10.0. The minimum absolute atomic E-state index is 0.0149. The molecule has 3 N–H and O–H groups in total. The zero-order valence-corrected chi connectivity index (χ0v) is 52.0. The number of ether oxygens (including phenoxy) is 1. The molecule has 0 aliphatic carbocycles. The molecule has 2 unspecified atom stereocenters. The van der Waals surface area contributed by atoms with Gasteiger partial charge in [-0.15, -0.1) is 0 Å². The summed E-state index contributed by atoms with van der Waals surface area (Å²) in [5.41, 5.74) is 0. The molecule has 0 aromatic heterocycles. The number of rotatable bonds is 65. The van der Waals surface area contributed by atoms with Crippen molar-refractivity contribution in [3.8, 4) is 0 Å². The highest BCUT2D eigenvalue weighted by molar-refractivity contribution is 5.76. The molecule has 6 nitrogen and oxygen atoms in total. The summed E-state index contributed by atoms with van der Waals surface area (Å²) >= 11 is 0. The van der Waals surface area contributed by atoms with Gasteiger partial charge in [0.2, 0.25) is 5.91 Å². The average molecular weight is 1080 g/mol. The first-order chi connectivity index (χ1) is 38.0. The molecule has 0 saturated carbocycles. The van der Waals surface area contributed by atoms with Crippen LogP contribution < -0.4 is 5.32 Å². The molecule has 0 fully saturated rings. The molecule has 0 aromatic carbocycles. The third kappa shape index (κ3) is 63.1. The molecule has 0 spiro atoms. The first kappa shape index (κ1) is 75.1. The van der Waals surface area contributed by atoms with E-state index in [-0.39, 0.29) is 18.5 Å². The smallest absolute Gasteiger partial charge is 0.305 e. The molecular weight excluding hydrogens is 947 g/mol. The summed E-state index contributed by atoms with van der Waals surface area (Å²) in [4.78, 5) is 24.5. The van der Waals surface area contributed by atoms with E-state index in [2.05, 4.69) is 43.5 Å².